The van der Waals surface area contributed by atoms with Crippen molar-refractivity contribution in [2.75, 3.05) is 13.7 Å². The molecule has 4 nitrogen and oxygen atoms in total. The van der Waals surface area contributed by atoms with Crippen LogP contribution >= 0.6 is 0 Å². The number of carboxylic acid groups (broad SMARTS) is 1. The Morgan fingerprint density at radius 3 is 2.93 bits per heavy atom. The van der Waals surface area contributed by atoms with Crippen LogP contribution in [0.3, 0.4) is 0 Å². The van der Waals surface area contributed by atoms with Crippen LogP contribution in [0.2, 0.25) is 0 Å². The molecule has 0 spiro atoms. The molecule has 1 aliphatic heterocycles. The van der Waals surface area contributed by atoms with Gasteiger partial charge in [0.15, 0.2) is 0 Å². The van der Waals surface area contributed by atoms with Gasteiger partial charge in [0.05, 0.1) is 0 Å². The van der Waals surface area contributed by atoms with E-state index in [1.807, 2.05) is 0 Å². The van der Waals surface area contributed by atoms with Gasteiger partial charge in [-0.15, -0.1) is 0 Å². The van der Waals surface area contributed by atoms with Crippen LogP contribution in [-0.2, 0) is 15.1 Å². The highest BCUT2D eigenvalue weighted by molar-refractivity contribution is 5.82. The molecule has 1 heterocycles. The summed E-state index contributed by atoms with van der Waals surface area (Å²) >= 11 is 0. The fraction of sp³-hybridized carbons (Fsp3) is 0.300. The van der Waals surface area contributed by atoms with Crippen molar-refractivity contribution in [2.24, 2.45) is 0 Å². The number of rotatable bonds is 2. The molecule has 0 saturated heterocycles. The van der Waals surface area contributed by atoms with Gasteiger partial charge in [0.25, 0.3) is 0 Å². The zero-order chi connectivity index (χ0) is 10.2. The fourth-order valence-corrected chi connectivity index (χ4v) is 1.62. The van der Waals surface area contributed by atoms with Crippen molar-refractivity contribution in [2.45, 2.75) is 5.60 Å². The maximum atomic E-state index is 11.1. The van der Waals surface area contributed by atoms with Crippen LogP contribution in [0.5, 0.6) is 5.75 Å². The number of aliphatic carboxylic acids is 1. The predicted molar refractivity (Wildman–Crippen MR) is 48.3 cm³/mol. The average molecular weight is 194 g/mol. The summed E-state index contributed by atoms with van der Waals surface area (Å²) in [6.45, 7) is 0.0260. The number of para-hydroxylation sites is 1. The minimum absolute atomic E-state index is 0.0260. The van der Waals surface area contributed by atoms with E-state index >= 15 is 0 Å². The van der Waals surface area contributed by atoms with Gasteiger partial charge in [0, 0.05) is 12.7 Å². The first-order valence-electron chi connectivity index (χ1n) is 4.21. The Bertz CT molecular complexity index is 374. The lowest BCUT2D eigenvalue weighted by molar-refractivity contribution is -0.164. The third-order valence-corrected chi connectivity index (χ3v) is 2.45. The number of carboxylic acids is 1. The molecule has 0 aliphatic carbocycles. The predicted octanol–water partition coefficient (Wildman–Crippen LogP) is 1.01. The van der Waals surface area contributed by atoms with E-state index in [1.54, 1.807) is 24.3 Å². The SMILES string of the molecule is COC1(C(=O)O)COc2ccccc21. The second kappa shape index (κ2) is 2.99. The topological polar surface area (TPSA) is 55.8 Å². The Morgan fingerprint density at radius 2 is 2.29 bits per heavy atom. The maximum absolute atomic E-state index is 11.1. The molecular weight excluding hydrogens is 184 g/mol. The summed E-state index contributed by atoms with van der Waals surface area (Å²) in [7, 11) is 1.37. The van der Waals surface area contributed by atoms with Gasteiger partial charge in [-0.25, -0.2) is 4.79 Å². The van der Waals surface area contributed by atoms with Gasteiger partial charge >= 0.3 is 5.97 Å². The summed E-state index contributed by atoms with van der Waals surface area (Å²) in [6, 6.07) is 7.01. The molecule has 1 unspecified atom stereocenters. The molecule has 74 valence electrons. The van der Waals surface area contributed by atoms with Gasteiger partial charge in [-0.2, -0.15) is 0 Å². The molecule has 0 aromatic heterocycles. The number of ether oxygens (including phenoxy) is 2. The summed E-state index contributed by atoms with van der Waals surface area (Å²) in [4.78, 5) is 11.1. The molecule has 0 fully saturated rings. The van der Waals surface area contributed by atoms with E-state index in [9.17, 15) is 4.79 Å². The van der Waals surface area contributed by atoms with E-state index in [2.05, 4.69) is 0 Å². The lowest BCUT2D eigenvalue weighted by atomic mass is 9.96. The molecule has 1 atom stereocenters. The summed E-state index contributed by atoms with van der Waals surface area (Å²) in [5, 5.41) is 9.11. The van der Waals surface area contributed by atoms with Crippen molar-refractivity contribution >= 4 is 5.97 Å². The molecule has 0 saturated carbocycles. The van der Waals surface area contributed by atoms with Crippen LogP contribution in [-0.4, -0.2) is 24.8 Å². The summed E-state index contributed by atoms with van der Waals surface area (Å²) in [6.07, 6.45) is 0. The fourth-order valence-electron chi connectivity index (χ4n) is 1.62. The number of carbonyl (C=O) groups is 1. The maximum Gasteiger partial charge on any atom is 0.344 e. The minimum Gasteiger partial charge on any atom is -0.489 e. The molecule has 1 aliphatic rings. The Morgan fingerprint density at radius 1 is 1.57 bits per heavy atom. The number of fused-ring (bicyclic) bond motifs is 1. The van der Waals surface area contributed by atoms with Gasteiger partial charge in [0.2, 0.25) is 5.60 Å². The van der Waals surface area contributed by atoms with E-state index in [0.29, 0.717) is 11.3 Å². The van der Waals surface area contributed by atoms with Crippen LogP contribution in [0.15, 0.2) is 24.3 Å². The van der Waals surface area contributed by atoms with E-state index in [4.69, 9.17) is 14.6 Å². The highest BCUT2D eigenvalue weighted by Crippen LogP contribution is 2.39. The number of methoxy groups -OCH3 is 1. The van der Waals surface area contributed by atoms with Crippen molar-refractivity contribution in [1.82, 2.24) is 0 Å². The number of hydrogen-bond donors (Lipinski definition) is 1. The minimum atomic E-state index is -1.34. The molecule has 0 amide bonds. The molecule has 2 rings (SSSR count). The first-order valence-corrected chi connectivity index (χ1v) is 4.21. The smallest absolute Gasteiger partial charge is 0.344 e. The summed E-state index contributed by atoms with van der Waals surface area (Å²) in [5.74, 6) is -0.443. The van der Waals surface area contributed by atoms with Crippen LogP contribution in [0.4, 0.5) is 0 Å². The number of hydrogen-bond acceptors (Lipinski definition) is 3. The molecular formula is C10H10O4. The summed E-state index contributed by atoms with van der Waals surface area (Å²) < 4.78 is 10.3. The highest BCUT2D eigenvalue weighted by Gasteiger charge is 2.48. The largest absolute Gasteiger partial charge is 0.489 e. The Labute approximate surface area is 81.1 Å². The van der Waals surface area contributed by atoms with Gasteiger partial charge in [-0.05, 0) is 6.07 Å². The molecule has 0 bridgehead atoms. The molecule has 1 aromatic rings. The van der Waals surface area contributed by atoms with Gasteiger partial charge < -0.3 is 14.6 Å². The van der Waals surface area contributed by atoms with Gasteiger partial charge in [0.1, 0.15) is 12.4 Å². The molecule has 4 heteroatoms. The lowest BCUT2D eigenvalue weighted by Crippen LogP contribution is -2.39. The van der Waals surface area contributed by atoms with E-state index in [0.717, 1.165) is 0 Å². The summed E-state index contributed by atoms with van der Waals surface area (Å²) in [5.41, 5.74) is -0.758. The Balaban J connectivity index is 2.55. The first-order chi connectivity index (χ1) is 6.70. The van der Waals surface area contributed by atoms with E-state index in [1.165, 1.54) is 7.11 Å². The van der Waals surface area contributed by atoms with Crippen molar-refractivity contribution < 1.29 is 19.4 Å². The van der Waals surface area contributed by atoms with Crippen molar-refractivity contribution in [3.63, 3.8) is 0 Å². The number of benzene rings is 1. The second-order valence-electron chi connectivity index (χ2n) is 3.12. The normalized spacial score (nSPS) is 24.1. The Hall–Kier alpha value is -1.55. The van der Waals surface area contributed by atoms with Gasteiger partial charge in [-0.3, -0.25) is 0 Å². The van der Waals surface area contributed by atoms with E-state index in [-0.39, 0.29) is 6.61 Å². The Kier molecular flexibility index (Phi) is 1.93. The van der Waals surface area contributed by atoms with Crippen molar-refractivity contribution in [3.8, 4) is 5.75 Å². The average Bonchev–Trinajstić information content (AvgIpc) is 2.57. The van der Waals surface area contributed by atoms with Crippen molar-refractivity contribution in [3.05, 3.63) is 29.8 Å². The zero-order valence-electron chi connectivity index (χ0n) is 7.69. The zero-order valence-corrected chi connectivity index (χ0v) is 7.69. The molecule has 1 aromatic carbocycles. The van der Waals surface area contributed by atoms with E-state index < -0.39 is 11.6 Å². The highest BCUT2D eigenvalue weighted by atomic mass is 16.6. The quantitative estimate of drug-likeness (QED) is 0.763. The lowest BCUT2D eigenvalue weighted by Gasteiger charge is -2.20. The third-order valence-electron chi connectivity index (χ3n) is 2.45. The molecule has 14 heavy (non-hydrogen) atoms. The standard InChI is InChI=1S/C10H10O4/c1-13-10(9(11)12)6-14-8-5-3-2-4-7(8)10/h2-5H,6H2,1H3,(H,11,12). The molecule has 0 radical (unpaired) electrons. The first kappa shape index (κ1) is 9.02. The third kappa shape index (κ3) is 1.01. The van der Waals surface area contributed by atoms with Crippen LogP contribution < -0.4 is 4.74 Å². The van der Waals surface area contributed by atoms with Crippen LogP contribution in [0, 0.1) is 0 Å². The van der Waals surface area contributed by atoms with Crippen molar-refractivity contribution in [1.29, 1.82) is 0 Å². The molecule has 1 N–H and O–H groups in total. The van der Waals surface area contributed by atoms with Gasteiger partial charge in [-0.1, -0.05) is 18.2 Å². The monoisotopic (exact) mass is 194 g/mol. The van der Waals surface area contributed by atoms with Crippen LogP contribution in [0.1, 0.15) is 5.56 Å². The second-order valence-corrected chi connectivity index (χ2v) is 3.12. The van der Waals surface area contributed by atoms with Crippen LogP contribution in [0.25, 0.3) is 0 Å².